The maximum atomic E-state index is 14.6. The SMILES string of the molecule is CC(C)OC[C@H]1OC(n2cnc3c(N)ncnc32)C[C@H]1OP(=O)(NS(=O)(=O)C(C)C)OC[C@H]1OC(n2cnc3c(N)ccnc32)C[C@H]1OC(C)C. The monoisotopic (exact) mass is 752 g/mol. The highest BCUT2D eigenvalue weighted by molar-refractivity contribution is 7.95. The van der Waals surface area contributed by atoms with E-state index in [1.54, 1.807) is 27.7 Å². The van der Waals surface area contributed by atoms with Crippen molar-refractivity contribution in [3.8, 4) is 0 Å². The van der Waals surface area contributed by atoms with Crippen LogP contribution >= 0.6 is 7.75 Å². The number of anilines is 2. The van der Waals surface area contributed by atoms with Gasteiger partial charge in [-0.25, -0.2) is 37.9 Å². The van der Waals surface area contributed by atoms with Crippen LogP contribution in [0.5, 0.6) is 0 Å². The van der Waals surface area contributed by atoms with E-state index < -0.39 is 59.9 Å². The van der Waals surface area contributed by atoms with Gasteiger partial charge in [0.25, 0.3) is 0 Å². The molecule has 5 N–H and O–H groups in total. The molecule has 3 unspecified atom stereocenters. The van der Waals surface area contributed by atoms with Crippen molar-refractivity contribution in [2.45, 2.75) is 109 Å². The zero-order chi connectivity index (χ0) is 36.7. The first kappa shape index (κ1) is 37.4. The van der Waals surface area contributed by atoms with E-state index in [1.807, 2.05) is 27.7 Å². The molecule has 0 radical (unpaired) electrons. The molecule has 4 aromatic heterocycles. The molecule has 4 aromatic rings. The number of fused-ring (bicyclic) bond motifs is 2. The Kier molecular flexibility index (Phi) is 11.0. The van der Waals surface area contributed by atoms with Crippen LogP contribution in [0.4, 0.5) is 11.5 Å². The number of rotatable bonds is 15. The molecule has 280 valence electrons. The third kappa shape index (κ3) is 8.18. The molecule has 21 heteroatoms. The molecule has 0 spiro atoms. The summed E-state index contributed by atoms with van der Waals surface area (Å²) in [5.41, 5.74) is 14.4. The number of nitrogens with zero attached hydrogens (tertiary/aromatic N) is 7. The lowest BCUT2D eigenvalue weighted by molar-refractivity contribution is -0.0786. The van der Waals surface area contributed by atoms with Crippen molar-refractivity contribution < 1.29 is 41.0 Å². The van der Waals surface area contributed by atoms with Crippen LogP contribution in [-0.2, 0) is 42.6 Å². The van der Waals surface area contributed by atoms with E-state index in [0.29, 0.717) is 34.4 Å². The zero-order valence-electron chi connectivity index (χ0n) is 29.2. The third-order valence-electron chi connectivity index (χ3n) is 8.44. The molecule has 2 fully saturated rings. The van der Waals surface area contributed by atoms with Gasteiger partial charge in [0.15, 0.2) is 17.1 Å². The average molecular weight is 753 g/mol. The second-order valence-electron chi connectivity index (χ2n) is 13.3. The van der Waals surface area contributed by atoms with Crippen molar-refractivity contribution in [2.24, 2.45) is 0 Å². The van der Waals surface area contributed by atoms with Gasteiger partial charge in [0, 0.05) is 19.0 Å². The number of nitrogen functional groups attached to an aromatic ring is 2. The van der Waals surface area contributed by atoms with Crippen LogP contribution in [0, 0.1) is 0 Å². The van der Waals surface area contributed by atoms with Crippen LogP contribution in [0.3, 0.4) is 0 Å². The number of sulfonamides is 1. The zero-order valence-corrected chi connectivity index (χ0v) is 30.9. The molecule has 6 rings (SSSR count). The standard InChI is InChI=1S/C30H45N10O9PS/c1-16(2)44-11-22-21(10-25(47-22)40-15-37-27-28(32)34-13-35-30(27)40)49-50(41,38-51(42,43)18(5)6)45-12-23-20(46-17(3)4)9-24(48-23)39-14-36-26-19(31)7-8-33-29(26)39/h7-8,13-18,20-25H,9-12H2,1-6H3,(H2,31,33)(H,38,41)(H2,32,34,35)/t20-,21-,22-,23-,24?,25?,50?/m1/s1. The van der Waals surface area contributed by atoms with E-state index in [2.05, 4.69) is 29.4 Å². The Morgan fingerprint density at radius 1 is 0.882 bits per heavy atom. The van der Waals surface area contributed by atoms with Gasteiger partial charge in [0.2, 0.25) is 10.0 Å². The minimum Gasteiger partial charge on any atom is -0.397 e. The molecule has 2 aliphatic rings. The summed E-state index contributed by atoms with van der Waals surface area (Å²) in [5, 5.41) is -0.952. The Morgan fingerprint density at radius 3 is 2.16 bits per heavy atom. The van der Waals surface area contributed by atoms with Gasteiger partial charge in [-0.1, -0.05) is 0 Å². The Morgan fingerprint density at radius 2 is 1.51 bits per heavy atom. The van der Waals surface area contributed by atoms with Crippen LogP contribution in [0.1, 0.15) is 66.8 Å². The second kappa shape index (κ2) is 15.0. The summed E-state index contributed by atoms with van der Waals surface area (Å²) >= 11 is 0. The lowest BCUT2D eigenvalue weighted by atomic mass is 10.2. The van der Waals surface area contributed by atoms with Crippen LogP contribution in [-0.4, -0.2) is 97.6 Å². The molecule has 0 saturated carbocycles. The van der Waals surface area contributed by atoms with Crippen molar-refractivity contribution in [2.75, 3.05) is 24.7 Å². The molecule has 19 nitrogen and oxygen atoms in total. The van der Waals surface area contributed by atoms with E-state index in [4.69, 9.17) is 39.5 Å². The summed E-state index contributed by atoms with van der Waals surface area (Å²) in [7, 11) is -8.82. The van der Waals surface area contributed by atoms with Crippen LogP contribution in [0.15, 0.2) is 31.2 Å². The van der Waals surface area contributed by atoms with Crippen molar-refractivity contribution >= 4 is 51.6 Å². The summed E-state index contributed by atoms with van der Waals surface area (Å²) in [6.45, 7) is 10.1. The highest BCUT2D eigenvalue weighted by Gasteiger charge is 2.46. The van der Waals surface area contributed by atoms with E-state index in [0.717, 1.165) is 0 Å². The molecule has 51 heavy (non-hydrogen) atoms. The molecule has 6 heterocycles. The van der Waals surface area contributed by atoms with Gasteiger partial charge >= 0.3 is 7.75 Å². The fraction of sp³-hybridized carbons (Fsp3) is 0.633. The molecule has 0 aliphatic carbocycles. The third-order valence-corrected chi connectivity index (χ3v) is 12.6. The van der Waals surface area contributed by atoms with E-state index >= 15 is 0 Å². The summed E-state index contributed by atoms with van der Waals surface area (Å²) in [4.78, 5) is 21.4. The van der Waals surface area contributed by atoms with Crippen LogP contribution in [0.2, 0.25) is 0 Å². The van der Waals surface area contributed by atoms with E-state index in [-0.39, 0.29) is 37.7 Å². The van der Waals surface area contributed by atoms with Gasteiger partial charge in [-0.3, -0.25) is 18.2 Å². The average Bonchev–Trinajstić information content (AvgIpc) is 3.84. The van der Waals surface area contributed by atoms with Gasteiger partial charge < -0.3 is 30.4 Å². The lowest BCUT2D eigenvalue weighted by Crippen LogP contribution is -2.36. The molecular weight excluding hydrogens is 707 g/mol. The predicted octanol–water partition coefficient (Wildman–Crippen LogP) is 3.07. The minimum atomic E-state index is -4.65. The Labute approximate surface area is 295 Å². The number of pyridine rings is 1. The Hall–Kier alpha value is -3.33. The number of aromatic nitrogens is 7. The maximum Gasteiger partial charge on any atom is 0.419 e. The van der Waals surface area contributed by atoms with Gasteiger partial charge in [-0.2, -0.15) is 0 Å². The minimum absolute atomic E-state index is 0.0502. The van der Waals surface area contributed by atoms with Crippen molar-refractivity contribution in [1.29, 1.82) is 0 Å². The highest BCUT2D eigenvalue weighted by atomic mass is 32.2. The smallest absolute Gasteiger partial charge is 0.397 e. The summed E-state index contributed by atoms with van der Waals surface area (Å²) in [5.74, 6) is 0.197. The van der Waals surface area contributed by atoms with Crippen molar-refractivity contribution in [3.05, 3.63) is 31.2 Å². The first-order valence-corrected chi connectivity index (χ1v) is 19.8. The molecule has 0 aromatic carbocycles. The molecule has 7 atom stereocenters. The normalized spacial score (nSPS) is 25.6. The van der Waals surface area contributed by atoms with Crippen molar-refractivity contribution in [1.82, 2.24) is 38.5 Å². The molecule has 0 amide bonds. The number of nitrogens with two attached hydrogens (primary N) is 2. The summed E-state index contributed by atoms with van der Waals surface area (Å²) < 4.78 is 83.4. The maximum absolute atomic E-state index is 14.6. The topological polar surface area (TPSA) is 245 Å². The highest BCUT2D eigenvalue weighted by Crippen LogP contribution is 2.51. The molecule has 0 bridgehead atoms. The Bertz CT molecular complexity index is 1990. The summed E-state index contributed by atoms with van der Waals surface area (Å²) in [6.07, 6.45) is 1.77. The first-order chi connectivity index (χ1) is 24.1. The number of hydrogen-bond acceptors (Lipinski definition) is 16. The largest absolute Gasteiger partial charge is 0.419 e. The number of nitrogens with one attached hydrogen (secondary N) is 1. The predicted molar refractivity (Wildman–Crippen MR) is 185 cm³/mol. The van der Waals surface area contributed by atoms with Gasteiger partial charge in [0.1, 0.15) is 48.1 Å². The fourth-order valence-electron chi connectivity index (χ4n) is 5.87. The number of hydrogen-bond donors (Lipinski definition) is 3. The van der Waals surface area contributed by atoms with Gasteiger partial charge in [-0.15, -0.1) is 4.49 Å². The summed E-state index contributed by atoms with van der Waals surface area (Å²) in [6, 6.07) is 1.66. The lowest BCUT2D eigenvalue weighted by Gasteiger charge is -2.28. The first-order valence-electron chi connectivity index (χ1n) is 16.7. The van der Waals surface area contributed by atoms with Crippen LogP contribution in [0.25, 0.3) is 22.3 Å². The molecule has 2 saturated heterocycles. The Balaban J connectivity index is 1.26. The fourth-order valence-corrected chi connectivity index (χ4v) is 9.32. The van der Waals surface area contributed by atoms with Crippen LogP contribution < -0.4 is 16.0 Å². The van der Waals surface area contributed by atoms with E-state index in [1.165, 1.54) is 26.5 Å². The number of ether oxygens (including phenoxy) is 4. The molecular formula is C30H45N10O9PS. The quantitative estimate of drug-likeness (QED) is 0.148. The van der Waals surface area contributed by atoms with Gasteiger partial charge in [-0.05, 0) is 47.6 Å². The van der Waals surface area contributed by atoms with Crippen molar-refractivity contribution in [3.63, 3.8) is 0 Å². The number of imidazole rings is 2. The molecule has 2 aliphatic heterocycles. The van der Waals surface area contributed by atoms with E-state index in [9.17, 15) is 13.0 Å². The second-order valence-corrected chi connectivity index (χ2v) is 17.5. The van der Waals surface area contributed by atoms with Gasteiger partial charge in [0.05, 0.1) is 55.1 Å².